The van der Waals surface area contributed by atoms with Crippen molar-refractivity contribution in [3.05, 3.63) is 77.4 Å². The van der Waals surface area contributed by atoms with Gasteiger partial charge in [-0.25, -0.2) is 13.1 Å². The molecular weight excluding hydrogens is 362 g/mol. The first kappa shape index (κ1) is 21.3. The molecular formula is C21H27NO4S. The molecule has 0 radical (unpaired) electrons. The van der Waals surface area contributed by atoms with Gasteiger partial charge in [-0.1, -0.05) is 54.1 Å². The fourth-order valence-corrected chi connectivity index (χ4v) is 3.77. The summed E-state index contributed by atoms with van der Waals surface area (Å²) in [6.07, 6.45) is 0.778. The number of sulfonamides is 1. The van der Waals surface area contributed by atoms with Gasteiger partial charge in [0.15, 0.2) is 0 Å². The molecule has 2 aromatic carbocycles. The van der Waals surface area contributed by atoms with Gasteiger partial charge in [0, 0.05) is 0 Å². The van der Waals surface area contributed by atoms with Crippen molar-refractivity contribution in [2.75, 3.05) is 6.61 Å². The third-order valence-corrected chi connectivity index (χ3v) is 5.86. The number of aryl methyl sites for hydroxylation is 1. The molecule has 0 bridgehead atoms. The lowest BCUT2D eigenvalue weighted by molar-refractivity contribution is 0.0621. The van der Waals surface area contributed by atoms with Crippen LogP contribution in [0.25, 0.3) is 0 Å². The SMILES string of the molecule is C/C=C(/C)[C@H](O)[C@@H](COCc1ccccc1)NS(=O)(=O)c1ccc(C)cc1. The van der Waals surface area contributed by atoms with E-state index in [1.807, 2.05) is 37.3 Å². The molecule has 0 amide bonds. The Morgan fingerprint density at radius 3 is 2.37 bits per heavy atom. The molecule has 0 aliphatic heterocycles. The van der Waals surface area contributed by atoms with Gasteiger partial charge in [-0.15, -0.1) is 0 Å². The average molecular weight is 390 g/mol. The maximum Gasteiger partial charge on any atom is 0.240 e. The van der Waals surface area contributed by atoms with Crippen LogP contribution >= 0.6 is 0 Å². The van der Waals surface area contributed by atoms with Crippen LogP contribution in [0.5, 0.6) is 0 Å². The molecule has 0 aromatic heterocycles. The molecule has 0 heterocycles. The maximum absolute atomic E-state index is 12.7. The molecule has 146 valence electrons. The zero-order chi connectivity index (χ0) is 19.9. The van der Waals surface area contributed by atoms with Crippen molar-refractivity contribution in [1.82, 2.24) is 4.72 Å². The van der Waals surface area contributed by atoms with Crippen LogP contribution in [-0.4, -0.2) is 32.3 Å². The number of benzene rings is 2. The summed E-state index contributed by atoms with van der Waals surface area (Å²) in [7, 11) is -3.78. The summed E-state index contributed by atoms with van der Waals surface area (Å²) in [5.74, 6) is 0. The van der Waals surface area contributed by atoms with Gasteiger partial charge in [0.05, 0.1) is 30.3 Å². The van der Waals surface area contributed by atoms with Crippen molar-refractivity contribution < 1.29 is 18.3 Å². The number of hydrogen-bond acceptors (Lipinski definition) is 4. The Labute approximate surface area is 161 Å². The van der Waals surface area contributed by atoms with E-state index >= 15 is 0 Å². The summed E-state index contributed by atoms with van der Waals surface area (Å²) in [5, 5.41) is 10.6. The van der Waals surface area contributed by atoms with Crippen LogP contribution in [0.4, 0.5) is 0 Å². The summed E-state index contributed by atoms with van der Waals surface area (Å²) in [6.45, 7) is 5.84. The van der Waals surface area contributed by atoms with Gasteiger partial charge >= 0.3 is 0 Å². The normalized spacial score (nSPS) is 14.7. The minimum atomic E-state index is -3.78. The number of allylic oxidation sites excluding steroid dienone is 1. The average Bonchev–Trinajstić information content (AvgIpc) is 2.67. The highest BCUT2D eigenvalue weighted by atomic mass is 32.2. The Bertz CT molecular complexity index is 846. The Hall–Kier alpha value is -1.99. The first-order valence-electron chi connectivity index (χ1n) is 8.85. The van der Waals surface area contributed by atoms with E-state index in [0.29, 0.717) is 12.2 Å². The maximum atomic E-state index is 12.7. The molecule has 0 aliphatic rings. The number of rotatable bonds is 9. The van der Waals surface area contributed by atoms with E-state index in [9.17, 15) is 13.5 Å². The monoisotopic (exact) mass is 389 g/mol. The van der Waals surface area contributed by atoms with Crippen LogP contribution in [0.3, 0.4) is 0 Å². The van der Waals surface area contributed by atoms with Gasteiger partial charge in [0.2, 0.25) is 10.0 Å². The number of hydrogen-bond donors (Lipinski definition) is 2. The van der Waals surface area contributed by atoms with Crippen molar-refractivity contribution in [2.24, 2.45) is 0 Å². The van der Waals surface area contributed by atoms with E-state index in [1.165, 1.54) is 0 Å². The van der Waals surface area contributed by atoms with Crippen molar-refractivity contribution in [1.29, 1.82) is 0 Å². The zero-order valence-corrected chi connectivity index (χ0v) is 16.7. The molecule has 0 saturated carbocycles. The largest absolute Gasteiger partial charge is 0.387 e. The highest BCUT2D eigenvalue weighted by Gasteiger charge is 2.27. The number of nitrogens with one attached hydrogen (secondary N) is 1. The highest BCUT2D eigenvalue weighted by molar-refractivity contribution is 7.89. The molecule has 0 fully saturated rings. The third-order valence-electron chi connectivity index (χ3n) is 4.35. The van der Waals surface area contributed by atoms with Crippen molar-refractivity contribution >= 4 is 10.0 Å². The molecule has 0 aliphatic carbocycles. The lowest BCUT2D eigenvalue weighted by atomic mass is 10.1. The van der Waals surface area contributed by atoms with E-state index in [4.69, 9.17) is 4.74 Å². The summed E-state index contributed by atoms with van der Waals surface area (Å²) in [5.41, 5.74) is 2.63. The van der Waals surface area contributed by atoms with Crippen LogP contribution in [-0.2, 0) is 21.4 Å². The molecule has 6 heteroatoms. The molecule has 2 N–H and O–H groups in total. The van der Waals surface area contributed by atoms with E-state index in [0.717, 1.165) is 11.1 Å². The first-order valence-corrected chi connectivity index (χ1v) is 10.3. The fraction of sp³-hybridized carbons (Fsp3) is 0.333. The quantitative estimate of drug-likeness (QED) is 0.646. The van der Waals surface area contributed by atoms with Gasteiger partial charge < -0.3 is 9.84 Å². The van der Waals surface area contributed by atoms with E-state index in [1.54, 1.807) is 44.2 Å². The second-order valence-corrected chi connectivity index (χ2v) is 8.23. The molecule has 2 aromatic rings. The molecule has 5 nitrogen and oxygen atoms in total. The third kappa shape index (κ3) is 6.29. The summed E-state index contributed by atoms with van der Waals surface area (Å²) < 4.78 is 33.7. The molecule has 0 spiro atoms. The van der Waals surface area contributed by atoms with E-state index in [2.05, 4.69) is 4.72 Å². The highest BCUT2D eigenvalue weighted by Crippen LogP contribution is 2.14. The number of aliphatic hydroxyl groups excluding tert-OH is 1. The zero-order valence-electron chi connectivity index (χ0n) is 15.9. The lowest BCUT2D eigenvalue weighted by Gasteiger charge is -2.25. The topological polar surface area (TPSA) is 75.6 Å². The predicted molar refractivity (Wildman–Crippen MR) is 107 cm³/mol. The predicted octanol–water partition coefficient (Wildman–Crippen LogP) is 3.19. The Morgan fingerprint density at radius 2 is 1.78 bits per heavy atom. The van der Waals surface area contributed by atoms with Crippen LogP contribution in [0.15, 0.2) is 71.1 Å². The number of aliphatic hydroxyl groups is 1. The fourth-order valence-electron chi connectivity index (χ4n) is 2.54. The van der Waals surface area contributed by atoms with Crippen LogP contribution in [0, 0.1) is 6.92 Å². The van der Waals surface area contributed by atoms with E-state index < -0.39 is 22.2 Å². The Morgan fingerprint density at radius 1 is 1.15 bits per heavy atom. The van der Waals surface area contributed by atoms with Crippen molar-refractivity contribution in [3.8, 4) is 0 Å². The van der Waals surface area contributed by atoms with Crippen molar-refractivity contribution in [2.45, 2.75) is 44.4 Å². The van der Waals surface area contributed by atoms with Crippen LogP contribution < -0.4 is 4.72 Å². The summed E-state index contributed by atoms with van der Waals surface area (Å²) in [6, 6.07) is 15.4. The van der Waals surface area contributed by atoms with Crippen LogP contribution in [0.2, 0.25) is 0 Å². The standard InChI is InChI=1S/C21H27NO4S/c1-4-17(3)21(23)20(15-26-14-18-8-6-5-7-9-18)22-27(24,25)19-12-10-16(2)11-13-19/h4-13,20-23H,14-15H2,1-3H3/b17-4-/t20-,21+/m1/s1. The summed E-state index contributed by atoms with van der Waals surface area (Å²) in [4.78, 5) is 0.159. The molecule has 2 rings (SSSR count). The molecule has 0 unspecified atom stereocenters. The van der Waals surface area contributed by atoms with Gasteiger partial charge in [-0.3, -0.25) is 0 Å². The molecule has 0 saturated heterocycles. The molecule has 27 heavy (non-hydrogen) atoms. The second-order valence-electron chi connectivity index (χ2n) is 6.52. The minimum absolute atomic E-state index is 0.0479. The van der Waals surface area contributed by atoms with E-state index in [-0.39, 0.29) is 11.5 Å². The van der Waals surface area contributed by atoms with Crippen molar-refractivity contribution in [3.63, 3.8) is 0 Å². The van der Waals surface area contributed by atoms with Gasteiger partial charge in [-0.05, 0) is 44.0 Å². The minimum Gasteiger partial charge on any atom is -0.387 e. The summed E-state index contributed by atoms with van der Waals surface area (Å²) >= 11 is 0. The number of ether oxygens (including phenoxy) is 1. The smallest absolute Gasteiger partial charge is 0.240 e. The van der Waals surface area contributed by atoms with Gasteiger partial charge in [0.1, 0.15) is 0 Å². The van der Waals surface area contributed by atoms with Gasteiger partial charge in [-0.2, -0.15) is 0 Å². The lowest BCUT2D eigenvalue weighted by Crippen LogP contribution is -2.46. The second kappa shape index (κ2) is 9.80. The van der Waals surface area contributed by atoms with Gasteiger partial charge in [0.25, 0.3) is 0 Å². The van der Waals surface area contributed by atoms with Crippen LogP contribution in [0.1, 0.15) is 25.0 Å². The first-order chi connectivity index (χ1) is 12.8. The Balaban J connectivity index is 2.12. The molecule has 2 atom stereocenters. The Kier molecular flexibility index (Phi) is 7.74.